The number of anilines is 1. The van der Waals surface area contributed by atoms with Gasteiger partial charge in [0.2, 0.25) is 0 Å². The van der Waals surface area contributed by atoms with Gasteiger partial charge in [-0.25, -0.2) is 0 Å². The molecule has 0 heterocycles. The van der Waals surface area contributed by atoms with Gasteiger partial charge in [0.1, 0.15) is 5.75 Å². The lowest BCUT2D eigenvalue weighted by Gasteiger charge is -2.14. The topological polar surface area (TPSA) is 50.7 Å². The molecule has 4 nitrogen and oxygen atoms in total. The molecule has 0 atom stereocenters. The van der Waals surface area contributed by atoms with Crippen molar-refractivity contribution in [2.24, 2.45) is 0 Å². The first-order valence-electron chi connectivity index (χ1n) is 7.16. The molecule has 2 N–H and O–H groups in total. The smallest absolute Gasteiger partial charge is 0.162 e. The minimum atomic E-state index is 0.239. The molecule has 0 aliphatic rings. The lowest BCUT2D eigenvalue weighted by Crippen LogP contribution is -2.03. The van der Waals surface area contributed by atoms with Crippen molar-refractivity contribution < 1.29 is 14.6 Å². The molecule has 0 unspecified atom stereocenters. The van der Waals surface area contributed by atoms with Crippen molar-refractivity contribution in [3.8, 4) is 17.2 Å². The Balaban J connectivity index is 2.11. The van der Waals surface area contributed by atoms with Crippen molar-refractivity contribution in [2.75, 3.05) is 19.0 Å². The summed E-state index contributed by atoms with van der Waals surface area (Å²) in [4.78, 5) is 0. The summed E-state index contributed by atoms with van der Waals surface area (Å²) < 4.78 is 11.0. The number of rotatable bonds is 7. The highest BCUT2D eigenvalue weighted by Crippen LogP contribution is 2.33. The molecule has 5 heteroatoms. The monoisotopic (exact) mass is 321 g/mol. The average Bonchev–Trinajstić information content (AvgIpc) is 2.53. The lowest BCUT2D eigenvalue weighted by molar-refractivity contribution is 0.294. The van der Waals surface area contributed by atoms with Gasteiger partial charge in [0.15, 0.2) is 11.5 Å². The van der Waals surface area contributed by atoms with Gasteiger partial charge >= 0.3 is 0 Å². The van der Waals surface area contributed by atoms with Crippen molar-refractivity contribution in [3.63, 3.8) is 0 Å². The Labute approximate surface area is 135 Å². The summed E-state index contributed by atoms with van der Waals surface area (Å²) in [5, 5.41) is 13.2. The van der Waals surface area contributed by atoms with E-state index in [1.165, 1.54) is 0 Å². The quantitative estimate of drug-likeness (QED) is 0.739. The van der Waals surface area contributed by atoms with Crippen LogP contribution in [0.1, 0.15) is 18.9 Å². The normalized spacial score (nSPS) is 10.3. The van der Waals surface area contributed by atoms with E-state index in [-0.39, 0.29) is 5.75 Å². The van der Waals surface area contributed by atoms with E-state index >= 15 is 0 Å². The molecule has 0 bridgehead atoms. The number of ether oxygens (including phenoxy) is 2. The van der Waals surface area contributed by atoms with Crippen LogP contribution in [0.3, 0.4) is 0 Å². The molecule has 2 aromatic carbocycles. The Kier molecular flexibility index (Phi) is 5.78. The number of hydrogen-bond acceptors (Lipinski definition) is 4. The number of phenolic OH excluding ortho intramolecular Hbond substituents is 1. The van der Waals surface area contributed by atoms with Crippen LogP contribution in [0.15, 0.2) is 36.4 Å². The second-order valence-electron chi connectivity index (χ2n) is 4.84. The summed E-state index contributed by atoms with van der Waals surface area (Å²) >= 11 is 6.31. The summed E-state index contributed by atoms with van der Waals surface area (Å²) in [6.07, 6.45) is 0.922. The second kappa shape index (κ2) is 7.80. The van der Waals surface area contributed by atoms with E-state index < -0.39 is 0 Å². The molecule has 0 amide bonds. The molecular weight excluding hydrogens is 302 g/mol. The molecule has 0 aliphatic carbocycles. The molecule has 2 rings (SSSR count). The number of benzene rings is 2. The van der Waals surface area contributed by atoms with Gasteiger partial charge in [-0.2, -0.15) is 0 Å². The molecule has 0 fully saturated rings. The number of halogens is 1. The Morgan fingerprint density at radius 3 is 2.50 bits per heavy atom. The number of nitrogens with one attached hydrogen (secondary N) is 1. The number of phenols is 1. The summed E-state index contributed by atoms with van der Waals surface area (Å²) in [7, 11) is 1.61. The zero-order chi connectivity index (χ0) is 15.9. The third-order valence-electron chi connectivity index (χ3n) is 3.14. The first-order chi connectivity index (χ1) is 10.6. The third-order valence-corrected chi connectivity index (χ3v) is 3.50. The van der Waals surface area contributed by atoms with E-state index in [1.807, 2.05) is 13.0 Å². The van der Waals surface area contributed by atoms with Gasteiger partial charge in [-0.3, -0.25) is 0 Å². The van der Waals surface area contributed by atoms with Gasteiger partial charge in [0.25, 0.3) is 0 Å². The van der Waals surface area contributed by atoms with Gasteiger partial charge in [-0.05, 0) is 42.3 Å². The summed E-state index contributed by atoms with van der Waals surface area (Å²) in [5.41, 5.74) is 1.81. The van der Waals surface area contributed by atoms with Crippen molar-refractivity contribution >= 4 is 17.3 Å². The maximum Gasteiger partial charge on any atom is 0.162 e. The molecule has 0 saturated carbocycles. The third kappa shape index (κ3) is 4.21. The van der Waals surface area contributed by atoms with Gasteiger partial charge in [0.05, 0.1) is 13.7 Å². The molecule has 0 radical (unpaired) electrons. The zero-order valence-corrected chi connectivity index (χ0v) is 13.5. The Morgan fingerprint density at radius 2 is 1.86 bits per heavy atom. The van der Waals surface area contributed by atoms with E-state index in [0.717, 1.165) is 17.7 Å². The number of hydrogen-bond donors (Lipinski definition) is 2. The SMILES string of the molecule is CCCOc1cc(Cl)c(CNc2ccc(O)cc2)cc1OC. The summed E-state index contributed by atoms with van der Waals surface area (Å²) in [5.74, 6) is 1.56. The van der Waals surface area contributed by atoms with E-state index in [1.54, 1.807) is 37.4 Å². The minimum absolute atomic E-state index is 0.239. The molecule has 22 heavy (non-hydrogen) atoms. The van der Waals surface area contributed by atoms with Gasteiger partial charge < -0.3 is 19.9 Å². The largest absolute Gasteiger partial charge is 0.508 e. The van der Waals surface area contributed by atoms with E-state index in [4.69, 9.17) is 21.1 Å². The fourth-order valence-corrected chi connectivity index (χ4v) is 2.19. The van der Waals surface area contributed by atoms with Crippen LogP contribution in [0.25, 0.3) is 0 Å². The fraction of sp³-hybridized carbons (Fsp3) is 0.294. The van der Waals surface area contributed by atoms with Crippen LogP contribution in [0.5, 0.6) is 17.2 Å². The van der Waals surface area contributed by atoms with Crippen LogP contribution in [-0.4, -0.2) is 18.8 Å². The molecule has 2 aromatic rings. The number of aromatic hydroxyl groups is 1. The summed E-state index contributed by atoms with van der Waals surface area (Å²) in [6, 6.07) is 10.5. The van der Waals surface area contributed by atoms with E-state index in [9.17, 15) is 5.11 Å². The van der Waals surface area contributed by atoms with Crippen molar-refractivity contribution in [1.82, 2.24) is 0 Å². The van der Waals surface area contributed by atoms with Crippen LogP contribution in [0, 0.1) is 0 Å². The lowest BCUT2D eigenvalue weighted by atomic mass is 10.2. The van der Waals surface area contributed by atoms with Crippen LogP contribution >= 0.6 is 11.6 Å². The van der Waals surface area contributed by atoms with Crippen molar-refractivity contribution in [1.29, 1.82) is 0 Å². The molecule has 0 aliphatic heterocycles. The van der Waals surface area contributed by atoms with Crippen molar-refractivity contribution in [3.05, 3.63) is 47.0 Å². The predicted octanol–water partition coefficient (Wildman–Crippen LogP) is 4.46. The maximum atomic E-state index is 9.28. The van der Waals surface area contributed by atoms with Gasteiger partial charge in [-0.1, -0.05) is 18.5 Å². The number of methoxy groups -OCH3 is 1. The zero-order valence-electron chi connectivity index (χ0n) is 12.7. The molecular formula is C17H20ClNO3. The van der Waals surface area contributed by atoms with Crippen molar-refractivity contribution in [2.45, 2.75) is 19.9 Å². The van der Waals surface area contributed by atoms with Crippen LogP contribution < -0.4 is 14.8 Å². The predicted molar refractivity (Wildman–Crippen MR) is 89.2 cm³/mol. The van der Waals surface area contributed by atoms with Crippen LogP contribution in [0.4, 0.5) is 5.69 Å². The first-order valence-corrected chi connectivity index (χ1v) is 7.54. The maximum absolute atomic E-state index is 9.28. The first kappa shape index (κ1) is 16.3. The Bertz CT molecular complexity index is 614. The second-order valence-corrected chi connectivity index (χ2v) is 5.25. The van der Waals surface area contributed by atoms with Gasteiger partial charge in [0, 0.05) is 23.3 Å². The highest BCUT2D eigenvalue weighted by Gasteiger charge is 2.10. The highest BCUT2D eigenvalue weighted by molar-refractivity contribution is 6.31. The molecule has 0 spiro atoms. The highest BCUT2D eigenvalue weighted by atomic mass is 35.5. The molecule has 0 saturated heterocycles. The van der Waals surface area contributed by atoms with Gasteiger partial charge in [-0.15, -0.1) is 0 Å². The Morgan fingerprint density at radius 1 is 1.14 bits per heavy atom. The minimum Gasteiger partial charge on any atom is -0.508 e. The summed E-state index contributed by atoms with van der Waals surface area (Å²) in [6.45, 7) is 3.22. The van der Waals surface area contributed by atoms with Crippen LogP contribution in [-0.2, 0) is 6.54 Å². The standard InChI is InChI=1S/C17H20ClNO3/c1-3-8-22-17-10-15(18)12(9-16(17)21-2)11-19-13-4-6-14(20)7-5-13/h4-7,9-10,19-20H,3,8,11H2,1-2H3. The molecule has 0 aromatic heterocycles. The molecule has 118 valence electrons. The van der Waals surface area contributed by atoms with E-state index in [2.05, 4.69) is 5.32 Å². The van der Waals surface area contributed by atoms with Crippen LogP contribution in [0.2, 0.25) is 5.02 Å². The fourth-order valence-electron chi connectivity index (χ4n) is 1.97. The van der Waals surface area contributed by atoms with E-state index in [0.29, 0.717) is 29.7 Å². The average molecular weight is 322 g/mol. The Hall–Kier alpha value is -2.07.